The predicted molar refractivity (Wildman–Crippen MR) is 72.2 cm³/mol. The molecule has 0 aromatic carbocycles. The van der Waals surface area contributed by atoms with E-state index in [0.717, 1.165) is 6.54 Å². The topological polar surface area (TPSA) is 90.1 Å². The van der Waals surface area contributed by atoms with Gasteiger partial charge in [0.1, 0.15) is 0 Å². The molecule has 1 aliphatic carbocycles. The molecule has 1 fully saturated rings. The summed E-state index contributed by atoms with van der Waals surface area (Å²) in [5, 5.41) is 9.41. The Morgan fingerprint density at radius 2 is 2.26 bits per heavy atom. The number of hydrogen-bond donors (Lipinski definition) is 3. The first-order chi connectivity index (χ1) is 9.04. The third-order valence-electron chi connectivity index (χ3n) is 3.24. The van der Waals surface area contributed by atoms with Crippen molar-refractivity contribution in [1.82, 2.24) is 25.1 Å². The van der Waals surface area contributed by atoms with Crippen molar-refractivity contribution >= 4 is 10.0 Å². The fourth-order valence-electron chi connectivity index (χ4n) is 1.97. The van der Waals surface area contributed by atoms with Crippen LogP contribution in [-0.4, -0.2) is 56.7 Å². The maximum atomic E-state index is 12.1. The Kier molecular flexibility index (Phi) is 4.56. The molecule has 0 spiro atoms. The normalized spacial score (nSPS) is 16.2. The molecule has 0 saturated heterocycles. The second kappa shape index (κ2) is 6.00. The van der Waals surface area contributed by atoms with Crippen LogP contribution in [0.25, 0.3) is 0 Å². The molecule has 1 aliphatic rings. The second-order valence-electron chi connectivity index (χ2n) is 4.86. The third-order valence-corrected chi connectivity index (χ3v) is 4.72. The van der Waals surface area contributed by atoms with Gasteiger partial charge in [-0.05, 0) is 26.9 Å². The summed E-state index contributed by atoms with van der Waals surface area (Å²) in [5.41, 5.74) is 0.644. The van der Waals surface area contributed by atoms with Crippen molar-refractivity contribution in [3.63, 3.8) is 0 Å². The molecule has 2 rings (SSSR count). The minimum absolute atomic E-state index is 0.149. The van der Waals surface area contributed by atoms with Gasteiger partial charge in [-0.15, -0.1) is 0 Å². The number of hydrogen-bond acceptors (Lipinski definition) is 5. The van der Waals surface area contributed by atoms with Gasteiger partial charge in [0.25, 0.3) is 10.0 Å². The van der Waals surface area contributed by atoms with E-state index in [1.54, 1.807) is 7.05 Å². The Morgan fingerprint density at radius 3 is 2.89 bits per heavy atom. The van der Waals surface area contributed by atoms with Gasteiger partial charge in [-0.2, -0.15) is 5.10 Å². The van der Waals surface area contributed by atoms with E-state index in [-0.39, 0.29) is 5.03 Å². The monoisotopic (exact) mass is 287 g/mol. The van der Waals surface area contributed by atoms with Gasteiger partial charge >= 0.3 is 0 Å². The van der Waals surface area contributed by atoms with E-state index < -0.39 is 10.0 Å². The van der Waals surface area contributed by atoms with Gasteiger partial charge in [0.05, 0.1) is 6.20 Å². The first-order valence-electron chi connectivity index (χ1n) is 6.41. The minimum Gasteiger partial charge on any atom is -0.316 e. The van der Waals surface area contributed by atoms with Crippen molar-refractivity contribution in [2.75, 3.05) is 27.2 Å². The summed E-state index contributed by atoms with van der Waals surface area (Å²) in [6, 6.07) is 0.636. The molecule has 19 heavy (non-hydrogen) atoms. The van der Waals surface area contributed by atoms with Crippen LogP contribution in [0, 0.1) is 0 Å². The summed E-state index contributed by atoms with van der Waals surface area (Å²) >= 11 is 0. The van der Waals surface area contributed by atoms with Crippen LogP contribution in [0.5, 0.6) is 0 Å². The maximum Gasteiger partial charge on any atom is 0.257 e. The van der Waals surface area contributed by atoms with Crippen LogP contribution in [-0.2, 0) is 16.6 Å². The number of aromatic nitrogens is 2. The van der Waals surface area contributed by atoms with E-state index in [1.165, 1.54) is 19.0 Å². The Hall–Kier alpha value is -0.960. The van der Waals surface area contributed by atoms with Crippen LogP contribution in [0.1, 0.15) is 18.4 Å². The van der Waals surface area contributed by atoms with Gasteiger partial charge in [0.15, 0.2) is 5.03 Å². The zero-order chi connectivity index (χ0) is 13.9. The van der Waals surface area contributed by atoms with E-state index in [4.69, 9.17) is 0 Å². The Bertz CT molecular complexity index is 509. The van der Waals surface area contributed by atoms with Crippen LogP contribution in [0.4, 0.5) is 0 Å². The first-order valence-corrected chi connectivity index (χ1v) is 7.89. The molecule has 0 atom stereocenters. The van der Waals surface area contributed by atoms with Gasteiger partial charge in [-0.3, -0.25) is 5.10 Å². The molecule has 0 aliphatic heterocycles. The summed E-state index contributed by atoms with van der Waals surface area (Å²) in [6.07, 6.45) is 3.97. The van der Waals surface area contributed by atoms with Gasteiger partial charge in [0.2, 0.25) is 0 Å². The standard InChI is InChI=1S/C11H21N5O2S/c1-12-7-9-8-13-15-11(9)19(17,18)14-5-6-16(2)10-3-4-10/h8,10,12,14H,3-7H2,1-2H3,(H,13,15). The molecular formula is C11H21N5O2S. The highest BCUT2D eigenvalue weighted by Crippen LogP contribution is 2.24. The lowest BCUT2D eigenvalue weighted by Gasteiger charge is -2.15. The molecule has 7 nitrogen and oxygen atoms in total. The molecule has 0 unspecified atom stereocenters. The highest BCUT2D eigenvalue weighted by Gasteiger charge is 2.26. The minimum atomic E-state index is -3.51. The largest absolute Gasteiger partial charge is 0.316 e. The zero-order valence-electron chi connectivity index (χ0n) is 11.3. The molecule has 1 aromatic heterocycles. The number of nitrogens with zero attached hydrogens (tertiary/aromatic N) is 2. The molecule has 1 heterocycles. The number of rotatable bonds is 8. The summed E-state index contributed by atoms with van der Waals surface area (Å²) in [6.45, 7) is 1.60. The first kappa shape index (κ1) is 14.4. The Labute approximate surface area is 113 Å². The molecule has 8 heteroatoms. The summed E-state index contributed by atoms with van der Waals surface area (Å²) in [4.78, 5) is 2.18. The van der Waals surface area contributed by atoms with Gasteiger partial charge in [-0.25, -0.2) is 13.1 Å². The summed E-state index contributed by atoms with van der Waals surface area (Å²) in [5.74, 6) is 0. The van der Waals surface area contributed by atoms with Gasteiger partial charge in [-0.1, -0.05) is 0 Å². The van der Waals surface area contributed by atoms with Crippen LogP contribution in [0.2, 0.25) is 0 Å². The molecule has 108 valence electrons. The van der Waals surface area contributed by atoms with Gasteiger partial charge < -0.3 is 10.2 Å². The van der Waals surface area contributed by atoms with Crippen molar-refractivity contribution in [2.45, 2.75) is 30.5 Å². The number of sulfonamides is 1. The van der Waals surface area contributed by atoms with Crippen molar-refractivity contribution in [3.8, 4) is 0 Å². The molecule has 1 saturated carbocycles. The third kappa shape index (κ3) is 3.75. The number of likely N-dealkylation sites (N-methyl/N-ethyl adjacent to an activating group) is 1. The number of aromatic amines is 1. The number of nitrogens with one attached hydrogen (secondary N) is 3. The highest BCUT2D eigenvalue weighted by atomic mass is 32.2. The summed E-state index contributed by atoms with van der Waals surface area (Å²) < 4.78 is 26.9. The summed E-state index contributed by atoms with van der Waals surface area (Å²) in [7, 11) is 0.282. The maximum absolute atomic E-state index is 12.1. The fraction of sp³-hybridized carbons (Fsp3) is 0.727. The Balaban J connectivity index is 1.91. The average Bonchev–Trinajstić information content (AvgIpc) is 3.09. The van der Waals surface area contributed by atoms with E-state index in [0.29, 0.717) is 24.7 Å². The smallest absolute Gasteiger partial charge is 0.257 e. The lowest BCUT2D eigenvalue weighted by Crippen LogP contribution is -2.34. The molecule has 3 N–H and O–H groups in total. The van der Waals surface area contributed by atoms with Gasteiger partial charge in [0, 0.05) is 31.2 Å². The predicted octanol–water partition coefficient (Wildman–Crippen LogP) is -0.498. The zero-order valence-corrected chi connectivity index (χ0v) is 12.1. The van der Waals surface area contributed by atoms with E-state index in [2.05, 4.69) is 25.1 Å². The van der Waals surface area contributed by atoms with Crippen LogP contribution in [0.3, 0.4) is 0 Å². The van der Waals surface area contributed by atoms with Crippen molar-refractivity contribution in [2.24, 2.45) is 0 Å². The molecule has 1 aromatic rings. The lowest BCUT2D eigenvalue weighted by atomic mass is 10.4. The second-order valence-corrected chi connectivity index (χ2v) is 6.57. The van der Waals surface area contributed by atoms with E-state index >= 15 is 0 Å². The fourth-order valence-corrected chi connectivity index (χ4v) is 3.12. The molecule has 0 bridgehead atoms. The quantitative estimate of drug-likeness (QED) is 0.600. The van der Waals surface area contributed by atoms with Crippen molar-refractivity contribution in [1.29, 1.82) is 0 Å². The SMILES string of the molecule is CNCc1cn[nH]c1S(=O)(=O)NCCN(C)C1CC1. The number of H-pyrrole nitrogens is 1. The van der Waals surface area contributed by atoms with E-state index in [9.17, 15) is 8.42 Å². The highest BCUT2D eigenvalue weighted by molar-refractivity contribution is 7.89. The van der Waals surface area contributed by atoms with Crippen molar-refractivity contribution in [3.05, 3.63) is 11.8 Å². The van der Waals surface area contributed by atoms with Crippen LogP contribution < -0.4 is 10.0 Å². The molecular weight excluding hydrogens is 266 g/mol. The van der Waals surface area contributed by atoms with Crippen molar-refractivity contribution < 1.29 is 8.42 Å². The molecule has 0 amide bonds. The average molecular weight is 287 g/mol. The Morgan fingerprint density at radius 1 is 1.53 bits per heavy atom. The van der Waals surface area contributed by atoms with Crippen LogP contribution in [0.15, 0.2) is 11.2 Å². The molecule has 0 radical (unpaired) electrons. The lowest BCUT2D eigenvalue weighted by molar-refractivity contribution is 0.329. The van der Waals surface area contributed by atoms with E-state index in [1.807, 2.05) is 7.05 Å². The van der Waals surface area contributed by atoms with Crippen LogP contribution >= 0.6 is 0 Å².